The molecule has 1 aromatic heterocycles. The van der Waals surface area contributed by atoms with Crippen molar-refractivity contribution < 1.29 is 23.9 Å². The fourth-order valence-corrected chi connectivity index (χ4v) is 3.47. The van der Waals surface area contributed by atoms with Crippen LogP contribution in [0.25, 0.3) is 10.9 Å². The molecule has 0 saturated carbocycles. The monoisotopic (exact) mass is 445 g/mol. The number of carboxylic acid groups (broad SMARTS) is 1. The standard InChI is InChI=1S/C25H20FN3O4/c26-17-11-9-15(10-12-17)13-22(25(32)33)29-23(30)18-6-2-4-8-20(18)28-24(31)21-14-16-5-1-3-7-19(16)27-21/h1-12,14,22,27H,13H2,(H,28,31)(H,29,30)(H,32,33). The lowest BCUT2D eigenvalue weighted by atomic mass is 10.0. The van der Waals surface area contributed by atoms with Crippen molar-refractivity contribution in [2.45, 2.75) is 12.5 Å². The number of carboxylic acids is 1. The first kappa shape index (κ1) is 21.8. The second-order valence-electron chi connectivity index (χ2n) is 7.46. The van der Waals surface area contributed by atoms with Crippen LogP contribution in [0.3, 0.4) is 0 Å². The van der Waals surface area contributed by atoms with Gasteiger partial charge in [0.2, 0.25) is 0 Å². The van der Waals surface area contributed by atoms with Crippen molar-refractivity contribution >= 4 is 34.4 Å². The summed E-state index contributed by atoms with van der Waals surface area (Å²) in [6, 6.07) is 19.6. The van der Waals surface area contributed by atoms with Gasteiger partial charge >= 0.3 is 5.97 Å². The zero-order valence-electron chi connectivity index (χ0n) is 17.3. The molecule has 0 saturated heterocycles. The summed E-state index contributed by atoms with van der Waals surface area (Å²) in [5.41, 5.74) is 2.05. The van der Waals surface area contributed by atoms with Crippen molar-refractivity contribution in [3.05, 3.63) is 102 Å². The van der Waals surface area contributed by atoms with Gasteiger partial charge in [0, 0.05) is 17.3 Å². The van der Waals surface area contributed by atoms with Gasteiger partial charge in [-0.2, -0.15) is 0 Å². The molecule has 166 valence electrons. The third-order valence-electron chi connectivity index (χ3n) is 5.15. The van der Waals surface area contributed by atoms with Gasteiger partial charge in [-0.25, -0.2) is 9.18 Å². The van der Waals surface area contributed by atoms with E-state index in [4.69, 9.17) is 0 Å². The van der Waals surface area contributed by atoms with Crippen LogP contribution in [0.2, 0.25) is 0 Å². The SMILES string of the molecule is O=C(Nc1ccccc1C(=O)NC(Cc1ccc(F)cc1)C(=O)O)c1cc2ccccc2[nH]1. The number of anilines is 1. The number of nitrogens with one attached hydrogen (secondary N) is 3. The second kappa shape index (κ2) is 9.35. The second-order valence-corrected chi connectivity index (χ2v) is 7.46. The van der Waals surface area contributed by atoms with Crippen LogP contribution in [0.5, 0.6) is 0 Å². The Morgan fingerprint density at radius 3 is 2.33 bits per heavy atom. The van der Waals surface area contributed by atoms with E-state index in [0.29, 0.717) is 11.3 Å². The first-order chi connectivity index (χ1) is 15.9. The van der Waals surface area contributed by atoms with Crippen molar-refractivity contribution in [1.82, 2.24) is 10.3 Å². The summed E-state index contributed by atoms with van der Waals surface area (Å²) in [5.74, 6) is -2.76. The van der Waals surface area contributed by atoms with Gasteiger partial charge in [-0.1, -0.05) is 42.5 Å². The first-order valence-electron chi connectivity index (χ1n) is 10.2. The minimum atomic E-state index is -1.24. The fourth-order valence-electron chi connectivity index (χ4n) is 3.47. The number of para-hydroxylation sites is 2. The first-order valence-corrected chi connectivity index (χ1v) is 10.2. The molecule has 4 N–H and O–H groups in total. The number of rotatable bonds is 7. The van der Waals surface area contributed by atoms with Crippen molar-refractivity contribution in [2.75, 3.05) is 5.32 Å². The van der Waals surface area contributed by atoms with E-state index in [9.17, 15) is 23.9 Å². The predicted octanol–water partition coefficient (Wildman–Crippen LogP) is 3.99. The van der Waals surface area contributed by atoms with Gasteiger partial charge < -0.3 is 20.7 Å². The van der Waals surface area contributed by atoms with Crippen LogP contribution < -0.4 is 10.6 Å². The molecular formula is C25H20FN3O4. The molecule has 1 unspecified atom stereocenters. The average Bonchev–Trinajstić information content (AvgIpc) is 3.25. The highest BCUT2D eigenvalue weighted by Gasteiger charge is 2.23. The minimum absolute atomic E-state index is 0.0229. The molecule has 33 heavy (non-hydrogen) atoms. The number of aromatic amines is 1. The largest absolute Gasteiger partial charge is 0.480 e. The Morgan fingerprint density at radius 1 is 0.909 bits per heavy atom. The maximum atomic E-state index is 13.1. The van der Waals surface area contributed by atoms with Crippen LogP contribution in [-0.4, -0.2) is 33.9 Å². The molecule has 0 aliphatic carbocycles. The van der Waals surface area contributed by atoms with Gasteiger partial charge in [0.25, 0.3) is 11.8 Å². The topological polar surface area (TPSA) is 111 Å². The molecule has 3 aromatic carbocycles. The minimum Gasteiger partial charge on any atom is -0.480 e. The molecule has 1 heterocycles. The molecule has 0 radical (unpaired) electrons. The fraction of sp³-hybridized carbons (Fsp3) is 0.0800. The Bertz CT molecular complexity index is 1300. The Hall–Kier alpha value is -4.46. The molecule has 0 spiro atoms. The number of benzene rings is 3. The molecule has 0 aliphatic rings. The third kappa shape index (κ3) is 5.07. The van der Waals surface area contributed by atoms with E-state index in [1.54, 1.807) is 24.3 Å². The van der Waals surface area contributed by atoms with E-state index < -0.39 is 29.6 Å². The zero-order valence-corrected chi connectivity index (χ0v) is 17.3. The number of carbonyl (C=O) groups is 3. The number of H-pyrrole nitrogens is 1. The van der Waals surface area contributed by atoms with Crippen LogP contribution in [0.4, 0.5) is 10.1 Å². The van der Waals surface area contributed by atoms with Gasteiger partial charge in [-0.05, 0) is 42.0 Å². The lowest BCUT2D eigenvalue weighted by Crippen LogP contribution is -2.42. The van der Waals surface area contributed by atoms with Gasteiger partial charge in [0.05, 0.1) is 11.3 Å². The quantitative estimate of drug-likeness (QED) is 0.345. The number of halogens is 1. The van der Waals surface area contributed by atoms with Crippen molar-refractivity contribution in [3.63, 3.8) is 0 Å². The summed E-state index contributed by atoms with van der Waals surface area (Å²) in [7, 11) is 0. The zero-order chi connectivity index (χ0) is 23.4. The number of aliphatic carboxylic acids is 1. The molecule has 1 atom stereocenters. The number of hydrogen-bond donors (Lipinski definition) is 4. The van der Waals surface area contributed by atoms with Crippen LogP contribution in [0, 0.1) is 5.82 Å². The molecule has 0 bridgehead atoms. The average molecular weight is 445 g/mol. The molecular weight excluding hydrogens is 425 g/mol. The van der Waals surface area contributed by atoms with Crippen molar-refractivity contribution in [3.8, 4) is 0 Å². The van der Waals surface area contributed by atoms with Crippen molar-refractivity contribution in [1.29, 1.82) is 0 Å². The van der Waals surface area contributed by atoms with Crippen LogP contribution in [0.15, 0.2) is 78.9 Å². The maximum Gasteiger partial charge on any atom is 0.326 e. The number of fused-ring (bicyclic) bond motifs is 1. The number of carbonyl (C=O) groups excluding carboxylic acids is 2. The van der Waals surface area contributed by atoms with E-state index in [0.717, 1.165) is 10.9 Å². The van der Waals surface area contributed by atoms with Gasteiger partial charge in [0.15, 0.2) is 0 Å². The lowest BCUT2D eigenvalue weighted by Gasteiger charge is -2.16. The van der Waals surface area contributed by atoms with Crippen LogP contribution in [-0.2, 0) is 11.2 Å². The molecule has 4 aromatic rings. The smallest absolute Gasteiger partial charge is 0.326 e. The Balaban J connectivity index is 1.51. The number of amides is 2. The van der Waals surface area contributed by atoms with Gasteiger partial charge in [-0.3, -0.25) is 9.59 Å². The number of hydrogen-bond acceptors (Lipinski definition) is 3. The molecule has 4 rings (SSSR count). The number of aromatic nitrogens is 1. The Kier molecular flexibility index (Phi) is 6.17. The predicted molar refractivity (Wildman–Crippen MR) is 122 cm³/mol. The lowest BCUT2D eigenvalue weighted by molar-refractivity contribution is -0.139. The summed E-state index contributed by atoms with van der Waals surface area (Å²) in [6.07, 6.45) is -0.0229. The van der Waals surface area contributed by atoms with E-state index in [1.807, 2.05) is 24.3 Å². The normalized spacial score (nSPS) is 11.7. The highest BCUT2D eigenvalue weighted by atomic mass is 19.1. The van der Waals surface area contributed by atoms with Crippen molar-refractivity contribution in [2.24, 2.45) is 0 Å². The van der Waals surface area contributed by atoms with E-state index in [2.05, 4.69) is 15.6 Å². The molecule has 2 amide bonds. The molecule has 0 aliphatic heterocycles. The van der Waals surface area contributed by atoms with E-state index in [-0.39, 0.29) is 17.7 Å². The summed E-state index contributed by atoms with van der Waals surface area (Å²) in [4.78, 5) is 40.4. The highest BCUT2D eigenvalue weighted by molar-refractivity contribution is 6.10. The summed E-state index contributed by atoms with van der Waals surface area (Å²) in [6.45, 7) is 0. The van der Waals surface area contributed by atoms with Gasteiger partial charge in [0.1, 0.15) is 17.6 Å². The molecule has 8 heteroatoms. The van der Waals surface area contributed by atoms with Crippen LogP contribution in [0.1, 0.15) is 26.4 Å². The van der Waals surface area contributed by atoms with Crippen LogP contribution >= 0.6 is 0 Å². The Labute approximate surface area is 188 Å². The third-order valence-corrected chi connectivity index (χ3v) is 5.15. The molecule has 7 nitrogen and oxygen atoms in total. The van der Waals surface area contributed by atoms with Gasteiger partial charge in [-0.15, -0.1) is 0 Å². The maximum absolute atomic E-state index is 13.1. The summed E-state index contributed by atoms with van der Waals surface area (Å²) >= 11 is 0. The summed E-state index contributed by atoms with van der Waals surface area (Å²) in [5, 5.41) is 15.6. The molecule has 0 fully saturated rings. The highest BCUT2D eigenvalue weighted by Crippen LogP contribution is 2.19. The van der Waals surface area contributed by atoms with E-state index in [1.165, 1.54) is 30.3 Å². The summed E-state index contributed by atoms with van der Waals surface area (Å²) < 4.78 is 13.1. The Morgan fingerprint density at radius 2 is 1.61 bits per heavy atom. The van der Waals surface area contributed by atoms with E-state index >= 15 is 0 Å².